The third kappa shape index (κ3) is 2.34. The average molecular weight is 246 g/mol. The quantitative estimate of drug-likeness (QED) is 0.868. The molecular formula is C14H22N4. The summed E-state index contributed by atoms with van der Waals surface area (Å²) >= 11 is 0. The second-order valence-electron chi connectivity index (χ2n) is 5.60. The van der Waals surface area contributed by atoms with Crippen LogP contribution in [0.4, 0.5) is 5.69 Å². The summed E-state index contributed by atoms with van der Waals surface area (Å²) in [6.07, 6.45) is 11.1. The molecule has 4 heteroatoms. The second kappa shape index (κ2) is 5.22. The lowest BCUT2D eigenvalue weighted by Gasteiger charge is -2.33. The molecule has 1 aromatic heterocycles. The first kappa shape index (κ1) is 11.9. The number of nitrogens with two attached hydrogens (primary N) is 1. The van der Waals surface area contributed by atoms with Crippen molar-refractivity contribution in [2.75, 3.05) is 18.0 Å². The first-order valence-electron chi connectivity index (χ1n) is 7.15. The highest BCUT2D eigenvalue weighted by Gasteiger charge is 2.25. The van der Waals surface area contributed by atoms with Crippen LogP contribution in [0.2, 0.25) is 0 Å². The topological polar surface area (TPSA) is 55.0 Å². The van der Waals surface area contributed by atoms with E-state index in [1.165, 1.54) is 37.1 Å². The first-order valence-corrected chi connectivity index (χ1v) is 7.15. The van der Waals surface area contributed by atoms with Gasteiger partial charge in [0, 0.05) is 25.0 Å². The highest BCUT2D eigenvalue weighted by molar-refractivity contribution is 5.50. The molecule has 0 aromatic carbocycles. The summed E-state index contributed by atoms with van der Waals surface area (Å²) in [5, 5.41) is 0. The molecule has 0 radical (unpaired) electrons. The lowest BCUT2D eigenvalue weighted by atomic mass is 10.00. The first-order chi connectivity index (χ1) is 8.84. The van der Waals surface area contributed by atoms with E-state index in [1.807, 2.05) is 6.20 Å². The molecule has 2 aliphatic rings. The van der Waals surface area contributed by atoms with Gasteiger partial charge in [0.1, 0.15) is 6.33 Å². The van der Waals surface area contributed by atoms with E-state index in [0.717, 1.165) is 25.9 Å². The van der Waals surface area contributed by atoms with E-state index in [4.69, 9.17) is 5.73 Å². The Morgan fingerprint density at radius 1 is 1.11 bits per heavy atom. The lowest BCUT2D eigenvalue weighted by molar-refractivity contribution is 0.498. The van der Waals surface area contributed by atoms with Crippen molar-refractivity contribution in [3.8, 4) is 0 Å². The van der Waals surface area contributed by atoms with Gasteiger partial charge in [-0.1, -0.05) is 12.8 Å². The fourth-order valence-corrected chi connectivity index (χ4v) is 3.23. The molecule has 2 heterocycles. The molecule has 0 spiro atoms. The minimum atomic E-state index is 0.376. The van der Waals surface area contributed by atoms with Crippen LogP contribution in [0.15, 0.2) is 12.5 Å². The summed E-state index contributed by atoms with van der Waals surface area (Å²) in [6, 6.07) is 0.376. The van der Waals surface area contributed by atoms with Gasteiger partial charge in [0.05, 0.1) is 17.6 Å². The van der Waals surface area contributed by atoms with Crippen LogP contribution in [0.25, 0.3) is 0 Å². The average Bonchev–Trinajstić information content (AvgIpc) is 2.93. The standard InChI is InChI=1S/C14H22N4/c15-12-5-7-18(8-6-12)13-9-16-10-17-14(13)11-3-1-2-4-11/h9-12H,1-8,15H2. The van der Waals surface area contributed by atoms with Crippen LogP contribution in [-0.4, -0.2) is 29.1 Å². The van der Waals surface area contributed by atoms with Gasteiger partial charge in [-0.15, -0.1) is 0 Å². The molecule has 1 aromatic rings. The lowest BCUT2D eigenvalue weighted by Crippen LogP contribution is -2.40. The van der Waals surface area contributed by atoms with Crippen LogP contribution in [0, 0.1) is 0 Å². The van der Waals surface area contributed by atoms with Crippen molar-refractivity contribution < 1.29 is 0 Å². The van der Waals surface area contributed by atoms with Crippen molar-refractivity contribution in [1.29, 1.82) is 0 Å². The van der Waals surface area contributed by atoms with Crippen LogP contribution in [0.5, 0.6) is 0 Å². The van der Waals surface area contributed by atoms with E-state index in [9.17, 15) is 0 Å². The zero-order chi connectivity index (χ0) is 12.4. The van der Waals surface area contributed by atoms with E-state index in [-0.39, 0.29) is 0 Å². The zero-order valence-corrected chi connectivity index (χ0v) is 10.9. The molecule has 0 unspecified atom stereocenters. The van der Waals surface area contributed by atoms with Gasteiger partial charge in [-0.25, -0.2) is 9.97 Å². The van der Waals surface area contributed by atoms with Crippen LogP contribution in [0.3, 0.4) is 0 Å². The Balaban J connectivity index is 1.82. The highest BCUT2D eigenvalue weighted by atomic mass is 15.2. The van der Waals surface area contributed by atoms with Crippen LogP contribution < -0.4 is 10.6 Å². The Morgan fingerprint density at radius 2 is 1.83 bits per heavy atom. The van der Waals surface area contributed by atoms with Gasteiger partial charge < -0.3 is 10.6 Å². The number of hydrogen-bond acceptors (Lipinski definition) is 4. The molecule has 4 nitrogen and oxygen atoms in total. The number of aromatic nitrogens is 2. The highest BCUT2D eigenvalue weighted by Crippen LogP contribution is 2.37. The molecule has 1 aliphatic carbocycles. The monoisotopic (exact) mass is 246 g/mol. The molecule has 0 amide bonds. The van der Waals surface area contributed by atoms with E-state index in [0.29, 0.717) is 12.0 Å². The Morgan fingerprint density at radius 3 is 2.56 bits per heavy atom. The molecule has 1 saturated carbocycles. The normalized spacial score (nSPS) is 22.6. The molecule has 0 atom stereocenters. The SMILES string of the molecule is NC1CCN(c2cncnc2C2CCCC2)CC1. The van der Waals surface area contributed by atoms with Crippen LogP contribution in [-0.2, 0) is 0 Å². The van der Waals surface area contributed by atoms with Gasteiger partial charge in [-0.3, -0.25) is 0 Å². The number of nitrogens with zero attached hydrogens (tertiary/aromatic N) is 3. The third-order valence-corrected chi connectivity index (χ3v) is 4.34. The predicted molar refractivity (Wildman–Crippen MR) is 72.7 cm³/mol. The summed E-state index contributed by atoms with van der Waals surface area (Å²) in [5.41, 5.74) is 8.51. The maximum Gasteiger partial charge on any atom is 0.115 e. The molecule has 2 fully saturated rings. The predicted octanol–water partition coefficient (Wildman–Crippen LogP) is 2.06. The molecular weight excluding hydrogens is 224 g/mol. The van der Waals surface area contributed by atoms with Gasteiger partial charge in [-0.05, 0) is 25.7 Å². The fraction of sp³-hybridized carbons (Fsp3) is 0.714. The van der Waals surface area contributed by atoms with Gasteiger partial charge >= 0.3 is 0 Å². The van der Waals surface area contributed by atoms with E-state index >= 15 is 0 Å². The smallest absolute Gasteiger partial charge is 0.115 e. The molecule has 98 valence electrons. The second-order valence-corrected chi connectivity index (χ2v) is 5.60. The van der Waals surface area contributed by atoms with E-state index < -0.39 is 0 Å². The van der Waals surface area contributed by atoms with Crippen molar-refractivity contribution in [3.05, 3.63) is 18.2 Å². The van der Waals surface area contributed by atoms with Crippen LogP contribution >= 0.6 is 0 Å². The molecule has 1 aliphatic heterocycles. The molecule has 18 heavy (non-hydrogen) atoms. The van der Waals surface area contributed by atoms with Gasteiger partial charge in [-0.2, -0.15) is 0 Å². The maximum atomic E-state index is 5.98. The molecule has 2 N–H and O–H groups in total. The van der Waals surface area contributed by atoms with E-state index in [2.05, 4.69) is 14.9 Å². The molecule has 1 saturated heterocycles. The van der Waals surface area contributed by atoms with Crippen molar-refractivity contribution in [2.45, 2.75) is 50.5 Å². The van der Waals surface area contributed by atoms with Gasteiger partial charge in [0.15, 0.2) is 0 Å². The summed E-state index contributed by atoms with van der Waals surface area (Å²) < 4.78 is 0. The van der Waals surface area contributed by atoms with E-state index in [1.54, 1.807) is 6.33 Å². The minimum Gasteiger partial charge on any atom is -0.369 e. The summed E-state index contributed by atoms with van der Waals surface area (Å²) in [7, 11) is 0. The third-order valence-electron chi connectivity index (χ3n) is 4.34. The maximum absolute atomic E-state index is 5.98. The fourth-order valence-electron chi connectivity index (χ4n) is 3.23. The number of rotatable bonds is 2. The Kier molecular flexibility index (Phi) is 3.46. The number of piperidine rings is 1. The zero-order valence-electron chi connectivity index (χ0n) is 10.9. The molecule has 3 rings (SSSR count). The summed E-state index contributed by atoms with van der Waals surface area (Å²) in [4.78, 5) is 11.2. The van der Waals surface area contributed by atoms with Crippen molar-refractivity contribution in [2.24, 2.45) is 5.73 Å². The Bertz CT molecular complexity index is 393. The summed E-state index contributed by atoms with van der Waals surface area (Å²) in [6.45, 7) is 2.10. The number of anilines is 1. The number of hydrogen-bond donors (Lipinski definition) is 1. The van der Waals surface area contributed by atoms with Crippen molar-refractivity contribution >= 4 is 5.69 Å². The minimum absolute atomic E-state index is 0.376. The largest absolute Gasteiger partial charge is 0.369 e. The van der Waals surface area contributed by atoms with Crippen molar-refractivity contribution in [3.63, 3.8) is 0 Å². The Labute approximate surface area is 109 Å². The van der Waals surface area contributed by atoms with Crippen LogP contribution in [0.1, 0.15) is 50.1 Å². The van der Waals surface area contributed by atoms with Crippen molar-refractivity contribution in [1.82, 2.24) is 9.97 Å². The molecule has 0 bridgehead atoms. The Hall–Kier alpha value is -1.16. The van der Waals surface area contributed by atoms with Gasteiger partial charge in [0.2, 0.25) is 0 Å². The summed E-state index contributed by atoms with van der Waals surface area (Å²) in [5.74, 6) is 0.651. The van der Waals surface area contributed by atoms with Gasteiger partial charge in [0.25, 0.3) is 0 Å².